The number of likely N-dealkylation sites (tertiary alicyclic amines) is 1. The largest absolute Gasteiger partial charge is 0.372 e. The van der Waals surface area contributed by atoms with Gasteiger partial charge in [0.25, 0.3) is 0 Å². The lowest BCUT2D eigenvalue weighted by atomic mass is 10.1. The van der Waals surface area contributed by atoms with Crippen LogP contribution in [0.15, 0.2) is 30.8 Å². The molecule has 0 saturated carbocycles. The van der Waals surface area contributed by atoms with Crippen molar-refractivity contribution in [2.75, 3.05) is 13.1 Å². The number of benzene rings is 1. The average molecular weight is 201 g/mol. The van der Waals surface area contributed by atoms with E-state index in [1.54, 1.807) is 0 Å². The van der Waals surface area contributed by atoms with Crippen LogP contribution in [0.2, 0.25) is 0 Å². The molecule has 0 atom stereocenters. The van der Waals surface area contributed by atoms with Gasteiger partial charge in [0.1, 0.15) is 0 Å². The SMILES string of the molecule is C=C(c1ccc(CC)cc1)N1CCCC1. The molecule has 1 aliphatic rings. The fourth-order valence-corrected chi connectivity index (χ4v) is 2.10. The molecular formula is C14H19N. The van der Waals surface area contributed by atoms with E-state index >= 15 is 0 Å². The van der Waals surface area contributed by atoms with E-state index in [0.717, 1.165) is 6.42 Å². The summed E-state index contributed by atoms with van der Waals surface area (Å²) in [4.78, 5) is 2.39. The van der Waals surface area contributed by atoms with Crippen molar-refractivity contribution >= 4 is 5.70 Å². The molecule has 80 valence electrons. The summed E-state index contributed by atoms with van der Waals surface area (Å²) < 4.78 is 0. The first-order chi connectivity index (χ1) is 7.31. The molecule has 1 saturated heterocycles. The highest BCUT2D eigenvalue weighted by Gasteiger charge is 2.13. The maximum Gasteiger partial charge on any atom is 0.0366 e. The maximum absolute atomic E-state index is 4.19. The Balaban J connectivity index is 2.11. The summed E-state index contributed by atoms with van der Waals surface area (Å²) in [7, 11) is 0. The van der Waals surface area contributed by atoms with Crippen LogP contribution in [0.25, 0.3) is 5.70 Å². The molecule has 0 amide bonds. The Bertz CT molecular complexity index is 331. The van der Waals surface area contributed by atoms with Crippen molar-refractivity contribution in [1.82, 2.24) is 4.90 Å². The molecule has 2 rings (SSSR count). The number of aryl methyl sites for hydroxylation is 1. The Morgan fingerprint density at radius 1 is 1.20 bits per heavy atom. The van der Waals surface area contributed by atoms with Gasteiger partial charge in [-0.05, 0) is 30.4 Å². The molecule has 0 aromatic heterocycles. The molecule has 1 heterocycles. The smallest absolute Gasteiger partial charge is 0.0366 e. The molecule has 1 nitrogen and oxygen atoms in total. The standard InChI is InChI=1S/C14H19N/c1-3-13-6-8-14(9-7-13)12(2)15-10-4-5-11-15/h6-9H,2-5,10-11H2,1H3. The van der Waals surface area contributed by atoms with Crippen molar-refractivity contribution in [2.24, 2.45) is 0 Å². The molecule has 1 aliphatic heterocycles. The summed E-state index contributed by atoms with van der Waals surface area (Å²) in [5, 5.41) is 0. The van der Waals surface area contributed by atoms with E-state index < -0.39 is 0 Å². The van der Waals surface area contributed by atoms with Crippen molar-refractivity contribution in [1.29, 1.82) is 0 Å². The molecule has 1 aromatic rings. The molecule has 1 aromatic carbocycles. The highest BCUT2D eigenvalue weighted by Crippen LogP contribution is 2.22. The van der Waals surface area contributed by atoms with Crippen molar-refractivity contribution in [2.45, 2.75) is 26.2 Å². The number of nitrogens with zero attached hydrogens (tertiary/aromatic N) is 1. The Kier molecular flexibility index (Phi) is 3.10. The lowest BCUT2D eigenvalue weighted by molar-refractivity contribution is 0.494. The predicted octanol–water partition coefficient (Wildman–Crippen LogP) is 3.32. The van der Waals surface area contributed by atoms with Gasteiger partial charge in [-0.2, -0.15) is 0 Å². The Labute approximate surface area is 92.4 Å². The Hall–Kier alpha value is -1.24. The predicted molar refractivity (Wildman–Crippen MR) is 65.7 cm³/mol. The topological polar surface area (TPSA) is 3.24 Å². The third-order valence-corrected chi connectivity index (χ3v) is 3.18. The minimum absolute atomic E-state index is 1.11. The van der Waals surface area contributed by atoms with Crippen molar-refractivity contribution in [3.63, 3.8) is 0 Å². The summed E-state index contributed by atoms with van der Waals surface area (Å²) in [6.45, 7) is 8.72. The molecule has 0 aliphatic carbocycles. The zero-order valence-corrected chi connectivity index (χ0v) is 9.50. The highest BCUT2D eigenvalue weighted by molar-refractivity contribution is 5.62. The second kappa shape index (κ2) is 4.52. The molecular weight excluding hydrogens is 182 g/mol. The summed E-state index contributed by atoms with van der Waals surface area (Å²) in [6, 6.07) is 8.80. The van der Waals surface area contributed by atoms with Gasteiger partial charge in [-0.1, -0.05) is 37.8 Å². The van der Waals surface area contributed by atoms with Crippen LogP contribution in [0.1, 0.15) is 30.9 Å². The number of hydrogen-bond donors (Lipinski definition) is 0. The zero-order valence-electron chi connectivity index (χ0n) is 9.50. The monoisotopic (exact) mass is 201 g/mol. The second-order valence-electron chi connectivity index (χ2n) is 4.19. The van der Waals surface area contributed by atoms with Crippen LogP contribution in [0.3, 0.4) is 0 Å². The fourth-order valence-electron chi connectivity index (χ4n) is 2.10. The van der Waals surface area contributed by atoms with Crippen LogP contribution in [0.5, 0.6) is 0 Å². The average Bonchev–Trinajstić information content (AvgIpc) is 2.82. The minimum Gasteiger partial charge on any atom is -0.372 e. The quantitative estimate of drug-likeness (QED) is 0.725. The molecule has 15 heavy (non-hydrogen) atoms. The molecule has 0 unspecified atom stereocenters. The normalized spacial score (nSPS) is 15.7. The first-order valence-corrected chi connectivity index (χ1v) is 5.84. The lowest BCUT2D eigenvalue weighted by Gasteiger charge is -2.20. The van der Waals surface area contributed by atoms with Crippen LogP contribution < -0.4 is 0 Å². The summed E-state index contributed by atoms with van der Waals surface area (Å²) in [6.07, 6.45) is 3.73. The van der Waals surface area contributed by atoms with E-state index in [0.29, 0.717) is 0 Å². The van der Waals surface area contributed by atoms with Crippen LogP contribution >= 0.6 is 0 Å². The molecule has 0 radical (unpaired) electrons. The van der Waals surface area contributed by atoms with Gasteiger partial charge in [0.15, 0.2) is 0 Å². The first-order valence-electron chi connectivity index (χ1n) is 5.84. The van der Waals surface area contributed by atoms with E-state index in [9.17, 15) is 0 Å². The van der Waals surface area contributed by atoms with Gasteiger partial charge in [-0.15, -0.1) is 0 Å². The molecule has 0 N–H and O–H groups in total. The molecule has 0 spiro atoms. The summed E-state index contributed by atoms with van der Waals surface area (Å²) >= 11 is 0. The Morgan fingerprint density at radius 3 is 2.33 bits per heavy atom. The van der Waals surface area contributed by atoms with Crippen molar-refractivity contribution in [3.8, 4) is 0 Å². The van der Waals surface area contributed by atoms with Gasteiger partial charge in [0.2, 0.25) is 0 Å². The molecule has 1 fully saturated rings. The third kappa shape index (κ3) is 2.23. The Morgan fingerprint density at radius 2 is 1.80 bits per heavy atom. The summed E-state index contributed by atoms with van der Waals surface area (Å²) in [5.41, 5.74) is 3.86. The van der Waals surface area contributed by atoms with Gasteiger partial charge in [-0.3, -0.25) is 0 Å². The first kappa shape index (κ1) is 10.3. The van der Waals surface area contributed by atoms with Gasteiger partial charge in [0.05, 0.1) is 0 Å². The number of hydrogen-bond acceptors (Lipinski definition) is 1. The maximum atomic E-state index is 4.19. The van der Waals surface area contributed by atoms with Crippen molar-refractivity contribution in [3.05, 3.63) is 42.0 Å². The van der Waals surface area contributed by atoms with Gasteiger partial charge in [0, 0.05) is 18.8 Å². The number of rotatable bonds is 3. The van der Waals surface area contributed by atoms with Gasteiger partial charge < -0.3 is 4.90 Å². The minimum atomic E-state index is 1.11. The lowest BCUT2D eigenvalue weighted by Crippen LogP contribution is -2.16. The van der Waals surface area contributed by atoms with E-state index in [1.807, 2.05) is 0 Å². The molecule has 0 bridgehead atoms. The highest BCUT2D eigenvalue weighted by atomic mass is 15.1. The van der Waals surface area contributed by atoms with Crippen LogP contribution in [0.4, 0.5) is 0 Å². The fraction of sp³-hybridized carbons (Fsp3) is 0.429. The van der Waals surface area contributed by atoms with Crippen molar-refractivity contribution < 1.29 is 0 Å². The van der Waals surface area contributed by atoms with Crippen LogP contribution in [-0.4, -0.2) is 18.0 Å². The second-order valence-corrected chi connectivity index (χ2v) is 4.19. The van der Waals surface area contributed by atoms with Crippen LogP contribution in [-0.2, 0) is 6.42 Å². The molecule has 1 heteroatoms. The van der Waals surface area contributed by atoms with E-state index in [2.05, 4.69) is 42.7 Å². The third-order valence-electron chi connectivity index (χ3n) is 3.18. The summed E-state index contributed by atoms with van der Waals surface area (Å²) in [5.74, 6) is 0. The van der Waals surface area contributed by atoms with E-state index in [-0.39, 0.29) is 0 Å². The van der Waals surface area contributed by atoms with E-state index in [1.165, 1.54) is 42.8 Å². The van der Waals surface area contributed by atoms with Crippen LogP contribution in [0, 0.1) is 0 Å². The van der Waals surface area contributed by atoms with Gasteiger partial charge >= 0.3 is 0 Å². The van der Waals surface area contributed by atoms with E-state index in [4.69, 9.17) is 0 Å². The zero-order chi connectivity index (χ0) is 10.7. The van der Waals surface area contributed by atoms with Gasteiger partial charge in [-0.25, -0.2) is 0 Å².